The first-order valence-electron chi connectivity index (χ1n) is 5.71. The molecular formula is C11H21NS. The zero-order valence-corrected chi connectivity index (χ0v) is 9.31. The number of rotatable bonds is 5. The zero-order valence-electron chi connectivity index (χ0n) is 8.41. The summed E-state index contributed by atoms with van der Waals surface area (Å²) in [6.45, 7) is 2.64. The molecule has 0 aromatic rings. The molecule has 0 N–H and O–H groups in total. The molecule has 2 aliphatic rings. The predicted molar refractivity (Wildman–Crippen MR) is 60.1 cm³/mol. The summed E-state index contributed by atoms with van der Waals surface area (Å²) in [7, 11) is 0. The molecular weight excluding hydrogens is 178 g/mol. The summed E-state index contributed by atoms with van der Waals surface area (Å²) in [6.07, 6.45) is 8.80. The number of hydrogen-bond donors (Lipinski definition) is 1. The average molecular weight is 199 g/mol. The molecule has 0 radical (unpaired) electrons. The van der Waals surface area contributed by atoms with Gasteiger partial charge in [-0.2, -0.15) is 12.6 Å². The molecule has 0 heterocycles. The summed E-state index contributed by atoms with van der Waals surface area (Å²) in [6, 6.07) is 0. The second kappa shape index (κ2) is 4.70. The van der Waals surface area contributed by atoms with Crippen LogP contribution in [-0.2, 0) is 0 Å². The van der Waals surface area contributed by atoms with Crippen molar-refractivity contribution >= 4 is 12.6 Å². The van der Waals surface area contributed by atoms with E-state index >= 15 is 0 Å². The van der Waals surface area contributed by atoms with Crippen LogP contribution in [0.25, 0.3) is 0 Å². The van der Waals surface area contributed by atoms with Gasteiger partial charge in [0.15, 0.2) is 0 Å². The van der Waals surface area contributed by atoms with E-state index in [0.717, 1.165) is 17.7 Å². The van der Waals surface area contributed by atoms with Gasteiger partial charge in [0.1, 0.15) is 0 Å². The van der Waals surface area contributed by atoms with Crippen LogP contribution in [0, 0.1) is 11.8 Å². The third-order valence-electron chi connectivity index (χ3n) is 3.68. The number of thiol groups is 1. The van der Waals surface area contributed by atoms with E-state index in [0.29, 0.717) is 0 Å². The molecule has 2 saturated carbocycles. The maximum Gasteiger partial charge on any atom is 0.0414 e. The molecule has 2 aliphatic carbocycles. The summed E-state index contributed by atoms with van der Waals surface area (Å²) in [5, 5.41) is 0. The topological polar surface area (TPSA) is 3.24 Å². The first kappa shape index (κ1) is 9.85. The molecule has 0 bridgehead atoms. The number of hydrogen-bond acceptors (Lipinski definition) is 2. The van der Waals surface area contributed by atoms with E-state index in [4.69, 9.17) is 0 Å². The quantitative estimate of drug-likeness (QED) is 0.526. The first-order chi connectivity index (χ1) is 6.38. The fraction of sp³-hybridized carbons (Fsp3) is 1.00. The summed E-state index contributed by atoms with van der Waals surface area (Å²) >= 11 is 4.42. The van der Waals surface area contributed by atoms with Crippen molar-refractivity contribution in [2.75, 3.05) is 19.0 Å². The van der Waals surface area contributed by atoms with E-state index < -0.39 is 0 Å². The lowest BCUT2D eigenvalue weighted by Crippen LogP contribution is -2.37. The van der Waals surface area contributed by atoms with Gasteiger partial charge in [-0.25, -0.2) is 0 Å². The molecule has 0 saturated heterocycles. The third-order valence-corrected chi connectivity index (χ3v) is 4.08. The van der Waals surface area contributed by atoms with Crippen molar-refractivity contribution in [1.29, 1.82) is 0 Å². The van der Waals surface area contributed by atoms with Gasteiger partial charge in [-0.15, -0.1) is 0 Å². The Kier molecular flexibility index (Phi) is 3.56. The second-order valence-corrected chi connectivity index (χ2v) is 5.05. The van der Waals surface area contributed by atoms with Crippen LogP contribution >= 0.6 is 12.6 Å². The van der Waals surface area contributed by atoms with Gasteiger partial charge in [0.2, 0.25) is 0 Å². The van der Waals surface area contributed by atoms with E-state index in [-0.39, 0.29) is 0 Å². The van der Waals surface area contributed by atoms with Crippen molar-refractivity contribution in [2.24, 2.45) is 11.8 Å². The Morgan fingerprint density at radius 1 is 0.923 bits per heavy atom. The van der Waals surface area contributed by atoms with Gasteiger partial charge in [0.05, 0.1) is 0 Å². The van der Waals surface area contributed by atoms with Gasteiger partial charge in [-0.3, -0.25) is 4.90 Å². The molecule has 0 aromatic carbocycles. The Balaban J connectivity index is 1.65. The van der Waals surface area contributed by atoms with Crippen LogP contribution in [0.1, 0.15) is 38.5 Å². The molecule has 2 heteroatoms. The van der Waals surface area contributed by atoms with Crippen LogP contribution in [0.5, 0.6) is 0 Å². The van der Waals surface area contributed by atoms with E-state index in [1.807, 2.05) is 0 Å². The Morgan fingerprint density at radius 3 is 1.62 bits per heavy atom. The fourth-order valence-corrected chi connectivity index (χ4v) is 2.50. The molecule has 0 spiro atoms. The average Bonchev–Trinajstić information content (AvgIpc) is 1.98. The highest BCUT2D eigenvalue weighted by molar-refractivity contribution is 7.80. The highest BCUT2D eigenvalue weighted by Crippen LogP contribution is 2.30. The van der Waals surface area contributed by atoms with Gasteiger partial charge in [-0.05, 0) is 37.5 Å². The van der Waals surface area contributed by atoms with Crippen LogP contribution < -0.4 is 0 Å². The second-order valence-electron chi connectivity index (χ2n) is 4.77. The molecule has 2 rings (SSSR count). The molecule has 0 unspecified atom stereocenters. The summed E-state index contributed by atoms with van der Waals surface area (Å²) in [4.78, 5) is 2.55. The van der Waals surface area contributed by atoms with E-state index in [1.54, 1.807) is 0 Å². The van der Waals surface area contributed by atoms with Crippen molar-refractivity contribution in [3.8, 4) is 0 Å². The maximum atomic E-state index is 4.42. The Morgan fingerprint density at radius 2 is 1.38 bits per heavy atom. The smallest absolute Gasteiger partial charge is 0.0414 e. The van der Waals surface area contributed by atoms with Gasteiger partial charge < -0.3 is 0 Å². The minimum Gasteiger partial charge on any atom is -0.294 e. The van der Waals surface area contributed by atoms with Crippen LogP contribution in [-0.4, -0.2) is 23.9 Å². The molecule has 76 valence electrons. The van der Waals surface area contributed by atoms with Crippen molar-refractivity contribution < 1.29 is 0 Å². The predicted octanol–water partition coefficient (Wildman–Crippen LogP) is 2.78. The minimum atomic E-state index is 0.965. The molecule has 0 aromatic heterocycles. The van der Waals surface area contributed by atoms with Crippen LogP contribution in [0.4, 0.5) is 0 Å². The molecule has 0 amide bonds. The summed E-state index contributed by atoms with van der Waals surface area (Å²) in [5.41, 5.74) is 0. The first-order valence-corrected chi connectivity index (χ1v) is 6.35. The number of nitrogens with zero attached hydrogens (tertiary/aromatic N) is 1. The van der Waals surface area contributed by atoms with Crippen LogP contribution in [0.2, 0.25) is 0 Å². The zero-order chi connectivity index (χ0) is 9.10. The Bertz CT molecular complexity index is 136. The molecule has 0 atom stereocenters. The van der Waals surface area contributed by atoms with Crippen molar-refractivity contribution in [2.45, 2.75) is 38.5 Å². The summed E-state index contributed by atoms with van der Waals surface area (Å²) < 4.78 is 0. The minimum absolute atomic E-state index is 0.965. The maximum absolute atomic E-state index is 4.42. The molecule has 13 heavy (non-hydrogen) atoms. The normalized spacial score (nSPS) is 24.5. The highest BCUT2D eigenvalue weighted by Gasteiger charge is 2.24. The Labute approximate surface area is 87.3 Å². The van der Waals surface area contributed by atoms with Crippen molar-refractivity contribution in [1.82, 2.24) is 4.90 Å². The molecule has 0 aliphatic heterocycles. The van der Waals surface area contributed by atoms with Crippen LogP contribution in [0.15, 0.2) is 0 Å². The van der Waals surface area contributed by atoms with Gasteiger partial charge in [-0.1, -0.05) is 12.8 Å². The summed E-state index contributed by atoms with van der Waals surface area (Å²) in [5.74, 6) is 2.98. The van der Waals surface area contributed by atoms with Gasteiger partial charge in [0, 0.05) is 19.0 Å². The SMILES string of the molecule is SCN(CC1CCC1)CC1CCC1. The van der Waals surface area contributed by atoms with E-state index in [9.17, 15) is 0 Å². The third kappa shape index (κ3) is 2.63. The molecule has 2 fully saturated rings. The lowest BCUT2D eigenvalue weighted by molar-refractivity contribution is 0.150. The highest BCUT2D eigenvalue weighted by atomic mass is 32.1. The lowest BCUT2D eigenvalue weighted by Gasteiger charge is -2.36. The van der Waals surface area contributed by atoms with Gasteiger partial charge in [0.25, 0.3) is 0 Å². The van der Waals surface area contributed by atoms with Crippen molar-refractivity contribution in [3.63, 3.8) is 0 Å². The van der Waals surface area contributed by atoms with Crippen molar-refractivity contribution in [3.05, 3.63) is 0 Å². The van der Waals surface area contributed by atoms with Crippen LogP contribution in [0.3, 0.4) is 0 Å². The fourth-order valence-electron chi connectivity index (χ4n) is 2.27. The van der Waals surface area contributed by atoms with E-state index in [2.05, 4.69) is 17.5 Å². The van der Waals surface area contributed by atoms with Gasteiger partial charge >= 0.3 is 0 Å². The standard InChI is InChI=1S/C11H21NS/c13-9-12(7-10-3-1-4-10)8-11-5-2-6-11/h10-11,13H,1-9H2. The monoisotopic (exact) mass is 199 g/mol. The van der Waals surface area contributed by atoms with E-state index in [1.165, 1.54) is 51.6 Å². The molecule has 1 nitrogen and oxygen atoms in total. The Hall–Kier alpha value is 0.310. The largest absolute Gasteiger partial charge is 0.294 e. The lowest BCUT2D eigenvalue weighted by atomic mass is 9.83.